The van der Waals surface area contributed by atoms with Crippen LogP contribution in [0.4, 0.5) is 5.69 Å². The number of Topliss-reactive ketones (excluding diaryl/α,β-unsaturated/α-hetero) is 1. The molecule has 3 rings (SSSR count). The highest BCUT2D eigenvalue weighted by molar-refractivity contribution is 6.03. The Kier molecular flexibility index (Phi) is 11.3. The first-order valence-electron chi connectivity index (χ1n) is 13.9. The SMILES string of the molecule is CCCCCN(CCCCC)C(CC)(Cc1ccccc1)C(=O)c1ccc(N2CCOCC2)cc1. The minimum Gasteiger partial charge on any atom is -0.378 e. The first kappa shape index (κ1) is 27.4. The van der Waals surface area contributed by atoms with E-state index in [1.165, 1.54) is 36.9 Å². The van der Waals surface area contributed by atoms with Gasteiger partial charge in [0.2, 0.25) is 0 Å². The molecule has 35 heavy (non-hydrogen) atoms. The number of unbranched alkanes of at least 4 members (excludes halogenated alkanes) is 4. The Morgan fingerprint density at radius 2 is 1.46 bits per heavy atom. The molecule has 0 N–H and O–H groups in total. The van der Waals surface area contributed by atoms with Gasteiger partial charge in [-0.1, -0.05) is 76.8 Å². The number of carbonyl (C=O) groups excluding carboxylic acids is 1. The maximum Gasteiger partial charge on any atom is 0.183 e. The van der Waals surface area contributed by atoms with Gasteiger partial charge in [0, 0.05) is 24.3 Å². The number of nitrogens with zero attached hydrogens (tertiary/aromatic N) is 2. The summed E-state index contributed by atoms with van der Waals surface area (Å²) in [6.45, 7) is 12.0. The van der Waals surface area contributed by atoms with Crippen LogP contribution in [0.5, 0.6) is 0 Å². The van der Waals surface area contributed by atoms with E-state index >= 15 is 0 Å². The molecule has 0 bridgehead atoms. The molecule has 2 aromatic carbocycles. The van der Waals surface area contributed by atoms with E-state index in [1.54, 1.807) is 0 Å². The van der Waals surface area contributed by atoms with Gasteiger partial charge in [-0.2, -0.15) is 0 Å². The summed E-state index contributed by atoms with van der Waals surface area (Å²) in [6, 6.07) is 19.0. The highest BCUT2D eigenvalue weighted by Gasteiger charge is 2.42. The van der Waals surface area contributed by atoms with Gasteiger partial charge in [0.05, 0.1) is 18.8 Å². The fourth-order valence-corrected chi connectivity index (χ4v) is 5.34. The minimum absolute atomic E-state index is 0.269. The Morgan fingerprint density at radius 3 is 2.00 bits per heavy atom. The molecule has 1 saturated heterocycles. The van der Waals surface area contributed by atoms with E-state index in [0.717, 1.165) is 70.6 Å². The smallest absolute Gasteiger partial charge is 0.183 e. The lowest BCUT2D eigenvalue weighted by molar-refractivity contribution is 0.0496. The number of hydrogen-bond acceptors (Lipinski definition) is 4. The summed E-state index contributed by atoms with van der Waals surface area (Å²) >= 11 is 0. The van der Waals surface area contributed by atoms with Crippen molar-refractivity contribution in [2.24, 2.45) is 0 Å². The predicted octanol–water partition coefficient (Wildman–Crippen LogP) is 6.78. The zero-order valence-corrected chi connectivity index (χ0v) is 22.3. The van der Waals surface area contributed by atoms with Crippen molar-refractivity contribution in [2.45, 2.75) is 77.7 Å². The van der Waals surface area contributed by atoms with Crippen LogP contribution in [-0.2, 0) is 11.2 Å². The third-order valence-electron chi connectivity index (χ3n) is 7.52. The maximum absolute atomic E-state index is 14.4. The zero-order valence-electron chi connectivity index (χ0n) is 22.3. The first-order chi connectivity index (χ1) is 17.1. The van der Waals surface area contributed by atoms with Gasteiger partial charge < -0.3 is 9.64 Å². The summed E-state index contributed by atoms with van der Waals surface area (Å²) in [7, 11) is 0. The molecule has 1 heterocycles. The van der Waals surface area contributed by atoms with Gasteiger partial charge >= 0.3 is 0 Å². The lowest BCUT2D eigenvalue weighted by Gasteiger charge is -2.43. The molecule has 4 nitrogen and oxygen atoms in total. The van der Waals surface area contributed by atoms with Crippen molar-refractivity contribution in [1.82, 2.24) is 4.90 Å². The van der Waals surface area contributed by atoms with Crippen LogP contribution < -0.4 is 4.90 Å². The molecule has 1 aliphatic heterocycles. The van der Waals surface area contributed by atoms with Crippen molar-refractivity contribution in [3.05, 3.63) is 65.7 Å². The molecule has 0 spiro atoms. The van der Waals surface area contributed by atoms with E-state index in [1.807, 2.05) is 0 Å². The van der Waals surface area contributed by atoms with Crippen LogP contribution in [0.3, 0.4) is 0 Å². The van der Waals surface area contributed by atoms with Crippen LogP contribution in [0.1, 0.15) is 81.6 Å². The number of ether oxygens (including phenoxy) is 1. The van der Waals surface area contributed by atoms with Crippen molar-refractivity contribution in [3.8, 4) is 0 Å². The van der Waals surface area contributed by atoms with Crippen LogP contribution in [0.25, 0.3) is 0 Å². The molecule has 0 aliphatic carbocycles. The second-order valence-corrected chi connectivity index (χ2v) is 9.92. The molecule has 192 valence electrons. The lowest BCUT2D eigenvalue weighted by Crippen LogP contribution is -2.56. The normalized spacial score (nSPS) is 15.8. The summed E-state index contributed by atoms with van der Waals surface area (Å²) in [5.74, 6) is 0.269. The molecule has 1 aliphatic rings. The van der Waals surface area contributed by atoms with E-state index < -0.39 is 5.54 Å². The number of morpholine rings is 1. The topological polar surface area (TPSA) is 32.8 Å². The molecule has 2 aromatic rings. The monoisotopic (exact) mass is 478 g/mol. The van der Waals surface area contributed by atoms with Gasteiger partial charge in [-0.15, -0.1) is 0 Å². The van der Waals surface area contributed by atoms with Crippen LogP contribution in [-0.4, -0.2) is 55.6 Å². The van der Waals surface area contributed by atoms with Crippen molar-refractivity contribution in [1.29, 1.82) is 0 Å². The quantitative estimate of drug-likeness (QED) is 0.209. The van der Waals surface area contributed by atoms with Crippen molar-refractivity contribution in [2.75, 3.05) is 44.3 Å². The Labute approximate surface area is 213 Å². The molecular formula is C31H46N2O2. The highest BCUT2D eigenvalue weighted by Crippen LogP contribution is 2.31. The Morgan fingerprint density at radius 1 is 0.857 bits per heavy atom. The van der Waals surface area contributed by atoms with Gasteiger partial charge in [-0.25, -0.2) is 0 Å². The van der Waals surface area contributed by atoms with Gasteiger partial charge in [0.1, 0.15) is 0 Å². The molecule has 1 atom stereocenters. The highest BCUT2D eigenvalue weighted by atomic mass is 16.5. The van der Waals surface area contributed by atoms with Gasteiger partial charge in [-0.3, -0.25) is 9.69 Å². The zero-order chi connectivity index (χ0) is 24.9. The summed E-state index contributed by atoms with van der Waals surface area (Å²) in [5.41, 5.74) is 2.72. The van der Waals surface area contributed by atoms with E-state index in [2.05, 4.69) is 85.2 Å². The molecule has 0 aromatic heterocycles. The number of carbonyl (C=O) groups is 1. The predicted molar refractivity (Wildman–Crippen MR) is 148 cm³/mol. The number of benzene rings is 2. The molecule has 0 amide bonds. The van der Waals surface area contributed by atoms with Crippen molar-refractivity contribution < 1.29 is 9.53 Å². The van der Waals surface area contributed by atoms with Crippen LogP contribution in [0, 0.1) is 0 Å². The molecule has 4 heteroatoms. The standard InChI is InChI=1S/C31H46N2O2/c1-4-7-12-20-33(21-13-8-5-2)31(6-3,26-27-14-10-9-11-15-27)30(34)28-16-18-29(19-17-28)32-22-24-35-25-23-32/h9-11,14-19H,4-8,12-13,20-26H2,1-3H3. The fourth-order valence-electron chi connectivity index (χ4n) is 5.34. The van der Waals surface area contributed by atoms with Crippen molar-refractivity contribution >= 4 is 11.5 Å². The second-order valence-electron chi connectivity index (χ2n) is 9.92. The minimum atomic E-state index is -0.524. The Balaban J connectivity index is 1.93. The van der Waals surface area contributed by atoms with E-state index in [-0.39, 0.29) is 5.78 Å². The van der Waals surface area contributed by atoms with Gasteiger partial charge in [0.15, 0.2) is 5.78 Å². The fraction of sp³-hybridized carbons (Fsp3) is 0.581. The summed E-state index contributed by atoms with van der Waals surface area (Å²) in [4.78, 5) is 19.3. The molecule has 1 fully saturated rings. The molecule has 0 saturated carbocycles. The summed E-state index contributed by atoms with van der Waals surface area (Å²) in [6.07, 6.45) is 8.65. The third-order valence-corrected chi connectivity index (χ3v) is 7.52. The number of hydrogen-bond donors (Lipinski definition) is 0. The molecular weight excluding hydrogens is 432 g/mol. The largest absolute Gasteiger partial charge is 0.378 e. The van der Waals surface area contributed by atoms with Gasteiger partial charge in [-0.05, 0) is 68.6 Å². The third kappa shape index (κ3) is 7.41. The number of ketones is 1. The number of rotatable bonds is 15. The lowest BCUT2D eigenvalue weighted by atomic mass is 9.79. The second kappa shape index (κ2) is 14.4. The molecule has 1 unspecified atom stereocenters. The van der Waals surface area contributed by atoms with E-state index in [9.17, 15) is 4.79 Å². The van der Waals surface area contributed by atoms with Crippen LogP contribution in [0.15, 0.2) is 54.6 Å². The maximum atomic E-state index is 14.4. The summed E-state index contributed by atoms with van der Waals surface area (Å²) in [5, 5.41) is 0. The Bertz CT molecular complexity index is 851. The first-order valence-corrected chi connectivity index (χ1v) is 13.9. The average molecular weight is 479 g/mol. The number of anilines is 1. The Hall–Kier alpha value is -2.17. The van der Waals surface area contributed by atoms with E-state index in [4.69, 9.17) is 4.74 Å². The van der Waals surface area contributed by atoms with E-state index in [0.29, 0.717) is 0 Å². The van der Waals surface area contributed by atoms with Gasteiger partial charge in [0.25, 0.3) is 0 Å². The van der Waals surface area contributed by atoms with Crippen molar-refractivity contribution in [3.63, 3.8) is 0 Å². The van der Waals surface area contributed by atoms with Crippen LogP contribution in [0.2, 0.25) is 0 Å². The summed E-state index contributed by atoms with van der Waals surface area (Å²) < 4.78 is 5.50. The average Bonchev–Trinajstić information content (AvgIpc) is 2.92. The van der Waals surface area contributed by atoms with Crippen LogP contribution >= 0.6 is 0 Å². The molecule has 0 radical (unpaired) electrons.